The van der Waals surface area contributed by atoms with Crippen LogP contribution in [-0.4, -0.2) is 63.1 Å². The Kier molecular flexibility index (Phi) is 4.38. The molecule has 1 aliphatic heterocycles. The second-order valence-electron chi connectivity index (χ2n) is 4.95. The molecule has 1 aromatic rings. The molecule has 1 heterocycles. The van der Waals surface area contributed by atoms with Gasteiger partial charge in [0, 0.05) is 43.5 Å². The molecular weight excluding hydrogens is 294 g/mol. The highest BCUT2D eigenvalue weighted by atomic mass is 32.2. The molecule has 0 bridgehead atoms. The molecule has 1 fully saturated rings. The fourth-order valence-corrected chi connectivity index (χ4v) is 3.10. The van der Waals surface area contributed by atoms with Crippen molar-refractivity contribution in [3.63, 3.8) is 0 Å². The summed E-state index contributed by atoms with van der Waals surface area (Å²) in [6.07, 6.45) is 1.17. The van der Waals surface area contributed by atoms with Crippen LogP contribution in [0.5, 0.6) is 5.75 Å². The third kappa shape index (κ3) is 3.64. The van der Waals surface area contributed by atoms with Crippen molar-refractivity contribution in [2.75, 3.05) is 45.3 Å². The minimum atomic E-state index is -3.20. The monoisotopic (exact) mass is 313 g/mol. The Bertz CT molecular complexity index is 637. The highest BCUT2D eigenvalue weighted by Gasteiger charge is 2.26. The van der Waals surface area contributed by atoms with Gasteiger partial charge in [0.05, 0.1) is 13.4 Å². The molecule has 1 aliphatic rings. The van der Waals surface area contributed by atoms with Crippen molar-refractivity contribution in [2.45, 2.75) is 0 Å². The van der Waals surface area contributed by atoms with Gasteiger partial charge in [-0.25, -0.2) is 8.42 Å². The third-order valence-electron chi connectivity index (χ3n) is 3.41. The molecule has 0 saturated carbocycles. The van der Waals surface area contributed by atoms with Crippen LogP contribution in [-0.2, 0) is 10.0 Å². The van der Waals surface area contributed by atoms with Crippen molar-refractivity contribution < 1.29 is 17.9 Å². The van der Waals surface area contributed by atoms with Gasteiger partial charge in [-0.2, -0.15) is 4.31 Å². The van der Waals surface area contributed by atoms with E-state index in [2.05, 4.69) is 0 Å². The van der Waals surface area contributed by atoms with E-state index in [4.69, 9.17) is 10.5 Å². The quantitative estimate of drug-likeness (QED) is 0.793. The maximum absolute atomic E-state index is 12.4. The summed E-state index contributed by atoms with van der Waals surface area (Å²) in [5.41, 5.74) is 6.64. The van der Waals surface area contributed by atoms with Gasteiger partial charge in [0.25, 0.3) is 5.91 Å². The molecule has 0 aromatic heterocycles. The smallest absolute Gasteiger partial charge is 0.254 e. The van der Waals surface area contributed by atoms with E-state index in [1.807, 2.05) is 0 Å². The largest absolute Gasteiger partial charge is 0.497 e. The number of nitrogens with zero attached hydrogens (tertiary/aromatic N) is 2. The van der Waals surface area contributed by atoms with E-state index in [-0.39, 0.29) is 5.91 Å². The van der Waals surface area contributed by atoms with Gasteiger partial charge in [0.2, 0.25) is 10.0 Å². The van der Waals surface area contributed by atoms with Gasteiger partial charge in [-0.3, -0.25) is 4.79 Å². The van der Waals surface area contributed by atoms with E-state index in [0.29, 0.717) is 43.2 Å². The normalized spacial score (nSPS) is 16.8. The molecule has 0 radical (unpaired) electrons. The van der Waals surface area contributed by atoms with Crippen LogP contribution in [0.4, 0.5) is 5.69 Å². The molecule has 0 unspecified atom stereocenters. The first-order valence-corrected chi connectivity index (χ1v) is 8.35. The van der Waals surface area contributed by atoms with Gasteiger partial charge in [0.15, 0.2) is 0 Å². The maximum atomic E-state index is 12.4. The van der Waals surface area contributed by atoms with Crippen molar-refractivity contribution in [1.29, 1.82) is 0 Å². The number of methoxy groups -OCH3 is 1. The second-order valence-corrected chi connectivity index (χ2v) is 6.93. The van der Waals surface area contributed by atoms with E-state index < -0.39 is 10.0 Å². The second kappa shape index (κ2) is 5.90. The molecule has 116 valence electrons. The van der Waals surface area contributed by atoms with Crippen LogP contribution in [0.3, 0.4) is 0 Å². The Balaban J connectivity index is 2.10. The molecule has 8 heteroatoms. The van der Waals surface area contributed by atoms with Crippen LogP contribution in [0, 0.1) is 0 Å². The summed E-state index contributed by atoms with van der Waals surface area (Å²) in [6.45, 7) is 1.35. The number of anilines is 1. The Morgan fingerprint density at radius 3 is 2.33 bits per heavy atom. The van der Waals surface area contributed by atoms with Gasteiger partial charge in [0.1, 0.15) is 5.75 Å². The van der Waals surface area contributed by atoms with Gasteiger partial charge in [-0.1, -0.05) is 0 Å². The fraction of sp³-hybridized carbons (Fsp3) is 0.462. The molecule has 2 N–H and O–H groups in total. The van der Waals surface area contributed by atoms with Crippen LogP contribution in [0.15, 0.2) is 18.2 Å². The van der Waals surface area contributed by atoms with Gasteiger partial charge in [-0.15, -0.1) is 0 Å². The van der Waals surface area contributed by atoms with Crippen LogP contribution in [0.1, 0.15) is 10.4 Å². The van der Waals surface area contributed by atoms with Crippen LogP contribution in [0.25, 0.3) is 0 Å². The predicted molar refractivity (Wildman–Crippen MR) is 79.7 cm³/mol. The Labute approximate surface area is 124 Å². The molecule has 7 nitrogen and oxygen atoms in total. The first kappa shape index (κ1) is 15.6. The van der Waals surface area contributed by atoms with E-state index in [9.17, 15) is 13.2 Å². The summed E-state index contributed by atoms with van der Waals surface area (Å²) in [7, 11) is -1.69. The van der Waals surface area contributed by atoms with Crippen LogP contribution in [0.2, 0.25) is 0 Å². The lowest BCUT2D eigenvalue weighted by atomic mass is 10.1. The molecule has 1 aromatic carbocycles. The van der Waals surface area contributed by atoms with Crippen molar-refractivity contribution in [2.24, 2.45) is 0 Å². The summed E-state index contributed by atoms with van der Waals surface area (Å²) in [6, 6.07) is 4.85. The Hall–Kier alpha value is -1.80. The van der Waals surface area contributed by atoms with E-state index >= 15 is 0 Å². The topological polar surface area (TPSA) is 92.9 Å². The number of nitrogen functional groups attached to an aromatic ring is 1. The zero-order chi connectivity index (χ0) is 15.6. The highest BCUT2D eigenvalue weighted by Crippen LogP contribution is 2.20. The number of rotatable bonds is 3. The molecule has 0 atom stereocenters. The zero-order valence-electron chi connectivity index (χ0n) is 12.1. The van der Waals surface area contributed by atoms with E-state index in [1.54, 1.807) is 23.1 Å². The summed E-state index contributed by atoms with van der Waals surface area (Å²) >= 11 is 0. The van der Waals surface area contributed by atoms with E-state index in [1.165, 1.54) is 17.7 Å². The Morgan fingerprint density at radius 2 is 1.81 bits per heavy atom. The number of benzene rings is 1. The van der Waals surface area contributed by atoms with Crippen molar-refractivity contribution in [1.82, 2.24) is 9.21 Å². The predicted octanol–water partition coefficient (Wildman–Crippen LogP) is -0.00520. The summed E-state index contributed by atoms with van der Waals surface area (Å²) in [5.74, 6) is 0.349. The zero-order valence-corrected chi connectivity index (χ0v) is 12.9. The average molecular weight is 313 g/mol. The molecule has 2 rings (SSSR count). The molecule has 21 heavy (non-hydrogen) atoms. The highest BCUT2D eigenvalue weighted by molar-refractivity contribution is 7.88. The van der Waals surface area contributed by atoms with Gasteiger partial charge < -0.3 is 15.4 Å². The minimum Gasteiger partial charge on any atom is -0.497 e. The molecule has 0 spiro atoms. The van der Waals surface area contributed by atoms with Gasteiger partial charge in [-0.05, 0) is 12.1 Å². The SMILES string of the molecule is COc1cc(N)cc(C(=O)N2CCN(S(C)(=O)=O)CC2)c1. The number of amides is 1. The molecule has 0 aliphatic carbocycles. The standard InChI is InChI=1S/C13H19N3O4S/c1-20-12-8-10(7-11(14)9-12)13(17)15-3-5-16(6-4-15)21(2,18)19/h7-9H,3-6,14H2,1-2H3. The number of carbonyl (C=O) groups is 1. The van der Waals surface area contributed by atoms with Crippen molar-refractivity contribution in [3.8, 4) is 5.75 Å². The first-order chi connectivity index (χ1) is 9.81. The first-order valence-electron chi connectivity index (χ1n) is 6.50. The number of piperazine rings is 1. The van der Waals surface area contributed by atoms with Crippen molar-refractivity contribution >= 4 is 21.6 Å². The summed E-state index contributed by atoms with van der Waals surface area (Å²) in [4.78, 5) is 14.0. The summed E-state index contributed by atoms with van der Waals surface area (Å²) < 4.78 is 29.4. The molecule has 1 amide bonds. The minimum absolute atomic E-state index is 0.172. The number of hydrogen-bond donors (Lipinski definition) is 1. The average Bonchev–Trinajstić information content (AvgIpc) is 2.45. The maximum Gasteiger partial charge on any atom is 0.254 e. The van der Waals surface area contributed by atoms with Crippen molar-refractivity contribution in [3.05, 3.63) is 23.8 Å². The fourth-order valence-electron chi connectivity index (χ4n) is 2.27. The Morgan fingerprint density at radius 1 is 1.19 bits per heavy atom. The number of nitrogens with two attached hydrogens (primary N) is 1. The van der Waals surface area contributed by atoms with Crippen LogP contribution >= 0.6 is 0 Å². The number of hydrogen-bond acceptors (Lipinski definition) is 5. The lowest BCUT2D eigenvalue weighted by Crippen LogP contribution is -2.50. The summed E-state index contributed by atoms with van der Waals surface area (Å²) in [5, 5.41) is 0. The number of carbonyl (C=O) groups excluding carboxylic acids is 1. The van der Waals surface area contributed by atoms with E-state index in [0.717, 1.165) is 0 Å². The lowest BCUT2D eigenvalue weighted by Gasteiger charge is -2.33. The van der Waals surface area contributed by atoms with Gasteiger partial charge >= 0.3 is 0 Å². The molecule has 1 saturated heterocycles. The third-order valence-corrected chi connectivity index (χ3v) is 4.71. The number of ether oxygens (including phenoxy) is 1. The molecular formula is C13H19N3O4S. The number of sulfonamides is 1. The lowest BCUT2D eigenvalue weighted by molar-refractivity contribution is 0.0698. The van der Waals surface area contributed by atoms with Crippen LogP contribution < -0.4 is 10.5 Å².